The van der Waals surface area contributed by atoms with Gasteiger partial charge in [-0.25, -0.2) is 9.97 Å². The number of aryl methyl sites for hydroxylation is 2. The number of amides is 2. The van der Waals surface area contributed by atoms with Crippen molar-refractivity contribution >= 4 is 29.3 Å². The Morgan fingerprint density at radius 3 is 2.24 bits per heavy atom. The lowest BCUT2D eigenvalue weighted by molar-refractivity contribution is -0.146. The topological polar surface area (TPSA) is 84.4 Å². The van der Waals surface area contributed by atoms with Crippen molar-refractivity contribution in [1.29, 1.82) is 0 Å². The van der Waals surface area contributed by atoms with Crippen LogP contribution in [-0.4, -0.2) is 45.1 Å². The Kier molecular flexibility index (Phi) is 8.82. The molecule has 8 heteroatoms. The fraction of sp³-hybridized carbons (Fsp3) is 0.379. The van der Waals surface area contributed by atoms with Crippen molar-refractivity contribution in [2.75, 3.05) is 18.2 Å². The van der Waals surface area contributed by atoms with Gasteiger partial charge in [0.25, 0.3) is 0 Å². The molecule has 1 aromatic heterocycles. The van der Waals surface area contributed by atoms with Gasteiger partial charge in [-0.05, 0) is 62.6 Å². The Labute approximate surface area is 223 Å². The van der Waals surface area contributed by atoms with E-state index in [0.29, 0.717) is 30.2 Å². The molecule has 1 saturated carbocycles. The average molecular weight is 519 g/mol. The minimum absolute atomic E-state index is 0.0941. The van der Waals surface area contributed by atoms with Gasteiger partial charge in [0.05, 0.1) is 12.9 Å². The third-order valence-electron chi connectivity index (χ3n) is 6.74. The summed E-state index contributed by atoms with van der Waals surface area (Å²) >= 11 is 1.32. The number of nitrogens with zero attached hydrogens (tertiary/aromatic N) is 3. The molecule has 194 valence electrons. The van der Waals surface area contributed by atoms with E-state index in [0.717, 1.165) is 42.0 Å². The molecule has 37 heavy (non-hydrogen) atoms. The third kappa shape index (κ3) is 6.68. The molecule has 3 aromatic rings. The molecule has 1 aliphatic rings. The van der Waals surface area contributed by atoms with Gasteiger partial charge in [0.1, 0.15) is 11.3 Å². The van der Waals surface area contributed by atoms with Crippen LogP contribution < -0.4 is 10.1 Å². The maximum atomic E-state index is 14.0. The van der Waals surface area contributed by atoms with Gasteiger partial charge < -0.3 is 15.0 Å². The summed E-state index contributed by atoms with van der Waals surface area (Å²) in [6.45, 7) is 4.20. The van der Waals surface area contributed by atoms with Gasteiger partial charge in [-0.15, -0.1) is 0 Å². The zero-order valence-corrected chi connectivity index (χ0v) is 22.5. The van der Waals surface area contributed by atoms with Gasteiger partial charge in [0.2, 0.25) is 11.8 Å². The second kappa shape index (κ2) is 12.2. The van der Waals surface area contributed by atoms with E-state index in [2.05, 4.69) is 15.3 Å². The van der Waals surface area contributed by atoms with E-state index in [-0.39, 0.29) is 17.6 Å². The van der Waals surface area contributed by atoms with Crippen molar-refractivity contribution in [2.24, 2.45) is 0 Å². The number of thioether (sulfide) groups is 1. The summed E-state index contributed by atoms with van der Waals surface area (Å²) in [5.74, 6) is 0.641. The van der Waals surface area contributed by atoms with Gasteiger partial charge in [-0.3, -0.25) is 9.59 Å². The molecular weight excluding hydrogens is 484 g/mol. The molecule has 1 fully saturated rings. The van der Waals surface area contributed by atoms with Gasteiger partial charge in [0.15, 0.2) is 5.16 Å². The lowest BCUT2D eigenvalue weighted by atomic mass is 9.79. The van der Waals surface area contributed by atoms with Gasteiger partial charge in [-0.1, -0.05) is 61.4 Å². The summed E-state index contributed by atoms with van der Waals surface area (Å²) in [5.41, 5.74) is 2.47. The van der Waals surface area contributed by atoms with Crippen LogP contribution in [0.15, 0.2) is 65.8 Å². The van der Waals surface area contributed by atoms with E-state index >= 15 is 0 Å². The molecule has 0 bridgehead atoms. The van der Waals surface area contributed by atoms with Gasteiger partial charge in [-0.2, -0.15) is 0 Å². The molecule has 0 spiro atoms. The van der Waals surface area contributed by atoms with E-state index < -0.39 is 5.54 Å². The molecule has 2 aromatic carbocycles. The second-order valence-corrected chi connectivity index (χ2v) is 10.4. The van der Waals surface area contributed by atoms with Crippen LogP contribution in [0.4, 0.5) is 5.69 Å². The molecule has 0 unspecified atom stereocenters. The lowest BCUT2D eigenvalue weighted by Crippen LogP contribution is -2.60. The quantitative estimate of drug-likeness (QED) is 0.295. The number of anilines is 1. The summed E-state index contributed by atoms with van der Waals surface area (Å²) in [6.07, 6.45) is 4.08. The van der Waals surface area contributed by atoms with Crippen molar-refractivity contribution in [3.8, 4) is 5.75 Å². The first kappa shape index (κ1) is 26.7. The summed E-state index contributed by atoms with van der Waals surface area (Å²) in [7, 11) is 1.61. The van der Waals surface area contributed by atoms with E-state index in [1.165, 1.54) is 11.8 Å². The highest BCUT2D eigenvalue weighted by Crippen LogP contribution is 2.37. The predicted molar refractivity (Wildman–Crippen MR) is 147 cm³/mol. The van der Waals surface area contributed by atoms with Crippen LogP contribution >= 0.6 is 11.8 Å². The molecule has 7 nitrogen and oxygen atoms in total. The van der Waals surface area contributed by atoms with Gasteiger partial charge >= 0.3 is 0 Å². The highest BCUT2D eigenvalue weighted by Gasteiger charge is 2.47. The van der Waals surface area contributed by atoms with Crippen LogP contribution in [0.5, 0.6) is 5.75 Å². The van der Waals surface area contributed by atoms with E-state index in [4.69, 9.17) is 4.74 Å². The standard InChI is InChI=1S/C29H34N4O3S/c1-21-18-22(2)31-28(30-21)37-20-26(34)33(19-23-10-6-4-7-11-23)29(16-8-5-9-17-29)27(35)32-24-12-14-25(36-3)15-13-24/h4,6-7,10-15,18H,5,8-9,16-17,19-20H2,1-3H3,(H,32,35). The molecule has 1 aliphatic carbocycles. The third-order valence-corrected chi connectivity index (χ3v) is 7.57. The summed E-state index contributed by atoms with van der Waals surface area (Å²) in [6, 6.07) is 19.1. The molecule has 2 amide bonds. The molecule has 0 radical (unpaired) electrons. The first-order chi connectivity index (χ1) is 17.9. The normalized spacial score (nSPS) is 14.6. The summed E-state index contributed by atoms with van der Waals surface area (Å²) < 4.78 is 5.25. The lowest BCUT2D eigenvalue weighted by Gasteiger charge is -2.45. The molecular formula is C29H34N4O3S. The highest BCUT2D eigenvalue weighted by atomic mass is 32.2. The monoisotopic (exact) mass is 518 g/mol. The maximum Gasteiger partial charge on any atom is 0.250 e. The Hall–Kier alpha value is -3.39. The Balaban J connectivity index is 1.63. The molecule has 1 N–H and O–H groups in total. The summed E-state index contributed by atoms with van der Waals surface area (Å²) in [5, 5.41) is 3.67. The van der Waals surface area contributed by atoms with E-state index in [9.17, 15) is 9.59 Å². The first-order valence-electron chi connectivity index (χ1n) is 12.6. The number of hydrogen-bond donors (Lipinski definition) is 1. The maximum absolute atomic E-state index is 14.0. The Bertz CT molecular complexity index is 1190. The highest BCUT2D eigenvalue weighted by molar-refractivity contribution is 7.99. The number of aromatic nitrogens is 2. The van der Waals surface area contributed by atoms with Crippen LogP contribution in [0.1, 0.15) is 49.1 Å². The smallest absolute Gasteiger partial charge is 0.250 e. The van der Waals surface area contributed by atoms with Crippen molar-refractivity contribution in [1.82, 2.24) is 14.9 Å². The Morgan fingerprint density at radius 1 is 0.973 bits per heavy atom. The van der Waals surface area contributed by atoms with Crippen molar-refractivity contribution in [2.45, 2.75) is 63.2 Å². The first-order valence-corrected chi connectivity index (χ1v) is 13.6. The average Bonchev–Trinajstić information content (AvgIpc) is 2.91. The summed E-state index contributed by atoms with van der Waals surface area (Å²) in [4.78, 5) is 38.6. The zero-order chi connectivity index (χ0) is 26.3. The number of ether oxygens (including phenoxy) is 1. The van der Waals surface area contributed by atoms with E-state index in [1.807, 2.05) is 74.5 Å². The van der Waals surface area contributed by atoms with Crippen LogP contribution in [0.3, 0.4) is 0 Å². The minimum atomic E-state index is -0.935. The Morgan fingerprint density at radius 2 is 1.62 bits per heavy atom. The molecule has 0 saturated heterocycles. The molecule has 0 atom stereocenters. The number of carbonyl (C=O) groups is 2. The minimum Gasteiger partial charge on any atom is -0.497 e. The molecule has 0 aliphatic heterocycles. The van der Waals surface area contributed by atoms with Crippen molar-refractivity contribution in [3.05, 3.63) is 77.6 Å². The van der Waals surface area contributed by atoms with Crippen molar-refractivity contribution < 1.29 is 14.3 Å². The zero-order valence-electron chi connectivity index (χ0n) is 21.7. The van der Waals surface area contributed by atoms with Crippen molar-refractivity contribution in [3.63, 3.8) is 0 Å². The number of benzene rings is 2. The van der Waals surface area contributed by atoms with Crippen LogP contribution in [0.2, 0.25) is 0 Å². The fourth-order valence-electron chi connectivity index (χ4n) is 4.88. The number of hydrogen-bond acceptors (Lipinski definition) is 6. The molecule has 1 heterocycles. The number of methoxy groups -OCH3 is 1. The predicted octanol–water partition coefficient (Wildman–Crippen LogP) is 5.56. The molecule has 4 rings (SSSR count). The van der Waals surface area contributed by atoms with Crippen LogP contribution in [0.25, 0.3) is 0 Å². The fourth-order valence-corrected chi connectivity index (χ4v) is 5.71. The number of nitrogens with one attached hydrogen (secondary N) is 1. The largest absolute Gasteiger partial charge is 0.497 e. The number of carbonyl (C=O) groups excluding carboxylic acids is 2. The van der Waals surface area contributed by atoms with Crippen LogP contribution in [0, 0.1) is 13.8 Å². The van der Waals surface area contributed by atoms with E-state index in [1.54, 1.807) is 12.0 Å². The SMILES string of the molecule is COc1ccc(NC(=O)C2(N(Cc3ccccc3)C(=O)CSc3nc(C)cc(C)n3)CCCCC2)cc1. The second-order valence-electron chi connectivity index (χ2n) is 9.46. The number of rotatable bonds is 9. The van der Waals surface area contributed by atoms with Crippen LogP contribution in [-0.2, 0) is 16.1 Å². The van der Waals surface area contributed by atoms with Gasteiger partial charge in [0, 0.05) is 23.6 Å².